The molecule has 1 heterocycles. The lowest BCUT2D eigenvalue weighted by molar-refractivity contribution is -0.137. The van der Waals surface area contributed by atoms with Crippen LogP contribution >= 0.6 is 0 Å². The molecule has 0 aliphatic heterocycles. The Morgan fingerprint density at radius 2 is 2.25 bits per heavy atom. The third-order valence-electron chi connectivity index (χ3n) is 2.77. The summed E-state index contributed by atoms with van der Waals surface area (Å²) in [4.78, 5) is 10.5. The number of nitrogens with zero attached hydrogens (tertiary/aromatic N) is 2. The molecule has 2 aromatic rings. The van der Waals surface area contributed by atoms with Gasteiger partial charge in [-0.25, -0.2) is 0 Å². The molecule has 0 spiro atoms. The number of nitrogens with one attached hydrogen (secondary N) is 2. The molecule has 0 unspecified atom stereocenters. The summed E-state index contributed by atoms with van der Waals surface area (Å²) >= 11 is 0. The lowest BCUT2D eigenvalue weighted by atomic mass is 10.2. The second-order valence-corrected chi connectivity index (χ2v) is 5.99. The fraction of sp³-hybridized carbons (Fsp3) is 0.273. The molecule has 0 saturated carbocycles. The van der Waals surface area contributed by atoms with Crippen molar-refractivity contribution in [2.75, 3.05) is 18.3 Å². The van der Waals surface area contributed by atoms with Crippen molar-refractivity contribution >= 4 is 32.8 Å². The molecule has 108 valence electrons. The number of carboxylic acid groups (broad SMARTS) is 1. The minimum atomic E-state index is -3.80. The standard InChI is InChI=1S/C11H14N4O4S/c1-15(6-5-11(16)17)20(18,19)14-10-4-2-3-9-8(10)7-12-13-9/h2-4,7,14H,5-6H2,1H3,(H,12,13)(H,16,17). The van der Waals surface area contributed by atoms with Gasteiger partial charge in [0.05, 0.1) is 23.8 Å². The van der Waals surface area contributed by atoms with E-state index in [1.165, 1.54) is 13.2 Å². The maximum absolute atomic E-state index is 12.1. The number of H-pyrrole nitrogens is 1. The molecule has 0 aliphatic carbocycles. The summed E-state index contributed by atoms with van der Waals surface area (Å²) in [5.41, 5.74) is 1.09. The average Bonchev–Trinajstić information content (AvgIpc) is 2.84. The van der Waals surface area contributed by atoms with Crippen LogP contribution in [0.2, 0.25) is 0 Å². The van der Waals surface area contributed by atoms with Gasteiger partial charge in [0.2, 0.25) is 0 Å². The first-order valence-electron chi connectivity index (χ1n) is 5.78. The van der Waals surface area contributed by atoms with Crippen molar-refractivity contribution in [2.24, 2.45) is 0 Å². The molecule has 0 bridgehead atoms. The maximum Gasteiger partial charge on any atom is 0.304 e. The number of fused-ring (bicyclic) bond motifs is 1. The fourth-order valence-corrected chi connectivity index (χ4v) is 2.59. The zero-order chi connectivity index (χ0) is 14.8. The van der Waals surface area contributed by atoms with Crippen molar-refractivity contribution in [1.29, 1.82) is 0 Å². The molecule has 9 heteroatoms. The van der Waals surface area contributed by atoms with Gasteiger partial charge >= 0.3 is 16.2 Å². The predicted octanol–water partition coefficient (Wildman–Crippen LogP) is 0.626. The molecule has 0 aliphatic rings. The Labute approximate surface area is 115 Å². The summed E-state index contributed by atoms with van der Waals surface area (Å²) in [6.45, 7) is -0.105. The van der Waals surface area contributed by atoms with Crippen LogP contribution in [0.25, 0.3) is 10.9 Å². The van der Waals surface area contributed by atoms with Crippen LogP contribution in [-0.4, -0.2) is 47.6 Å². The van der Waals surface area contributed by atoms with Crippen molar-refractivity contribution < 1.29 is 18.3 Å². The van der Waals surface area contributed by atoms with Gasteiger partial charge in [-0.05, 0) is 12.1 Å². The predicted molar refractivity (Wildman–Crippen MR) is 73.5 cm³/mol. The molecule has 0 radical (unpaired) electrons. The highest BCUT2D eigenvalue weighted by Crippen LogP contribution is 2.22. The molecule has 0 amide bonds. The smallest absolute Gasteiger partial charge is 0.304 e. The maximum atomic E-state index is 12.1. The SMILES string of the molecule is CN(CCC(=O)O)S(=O)(=O)Nc1cccc2[nH]ncc12. The Morgan fingerprint density at radius 3 is 2.95 bits per heavy atom. The highest BCUT2D eigenvalue weighted by atomic mass is 32.2. The average molecular weight is 298 g/mol. The highest BCUT2D eigenvalue weighted by molar-refractivity contribution is 7.90. The second kappa shape index (κ2) is 5.47. The minimum Gasteiger partial charge on any atom is -0.481 e. The Bertz CT molecular complexity index is 725. The normalized spacial score (nSPS) is 11.9. The molecule has 2 rings (SSSR count). The van der Waals surface area contributed by atoms with E-state index in [0.29, 0.717) is 16.6 Å². The Balaban J connectivity index is 2.19. The van der Waals surface area contributed by atoms with E-state index in [-0.39, 0.29) is 13.0 Å². The van der Waals surface area contributed by atoms with Gasteiger partial charge in [-0.2, -0.15) is 17.8 Å². The third kappa shape index (κ3) is 3.06. The van der Waals surface area contributed by atoms with Crippen LogP contribution in [0.4, 0.5) is 5.69 Å². The van der Waals surface area contributed by atoms with E-state index in [1.807, 2.05) is 0 Å². The molecule has 0 saturated heterocycles. The van der Waals surface area contributed by atoms with Crippen molar-refractivity contribution in [3.63, 3.8) is 0 Å². The Morgan fingerprint density at radius 1 is 1.50 bits per heavy atom. The number of benzene rings is 1. The molecule has 20 heavy (non-hydrogen) atoms. The van der Waals surface area contributed by atoms with Crippen LogP contribution in [0.15, 0.2) is 24.4 Å². The Hall–Kier alpha value is -2.13. The van der Waals surface area contributed by atoms with Gasteiger partial charge in [-0.3, -0.25) is 14.6 Å². The number of aliphatic carboxylic acids is 1. The number of rotatable bonds is 6. The number of hydrogen-bond acceptors (Lipinski definition) is 4. The fourth-order valence-electron chi connectivity index (χ4n) is 1.65. The van der Waals surface area contributed by atoms with Crippen molar-refractivity contribution in [3.8, 4) is 0 Å². The van der Waals surface area contributed by atoms with Gasteiger partial charge in [0.25, 0.3) is 0 Å². The first-order valence-corrected chi connectivity index (χ1v) is 7.22. The second-order valence-electron chi connectivity index (χ2n) is 4.21. The largest absolute Gasteiger partial charge is 0.481 e. The summed E-state index contributed by atoms with van der Waals surface area (Å²) in [5.74, 6) is -1.05. The lowest BCUT2D eigenvalue weighted by Crippen LogP contribution is -2.34. The van der Waals surface area contributed by atoms with Crippen LogP contribution < -0.4 is 4.72 Å². The zero-order valence-corrected chi connectivity index (χ0v) is 11.5. The quantitative estimate of drug-likeness (QED) is 0.723. The summed E-state index contributed by atoms with van der Waals surface area (Å²) < 4.78 is 27.5. The molecule has 8 nitrogen and oxygen atoms in total. The van der Waals surface area contributed by atoms with Crippen LogP contribution in [0.3, 0.4) is 0 Å². The van der Waals surface area contributed by atoms with E-state index in [1.54, 1.807) is 18.2 Å². The summed E-state index contributed by atoms with van der Waals surface area (Å²) in [7, 11) is -2.48. The van der Waals surface area contributed by atoms with E-state index >= 15 is 0 Å². The van der Waals surface area contributed by atoms with Gasteiger partial charge in [0, 0.05) is 19.0 Å². The molecular formula is C11H14N4O4S. The highest BCUT2D eigenvalue weighted by Gasteiger charge is 2.19. The van der Waals surface area contributed by atoms with Crippen molar-refractivity contribution in [3.05, 3.63) is 24.4 Å². The van der Waals surface area contributed by atoms with E-state index in [0.717, 1.165) is 4.31 Å². The van der Waals surface area contributed by atoms with E-state index in [2.05, 4.69) is 14.9 Å². The van der Waals surface area contributed by atoms with Crippen LogP contribution in [-0.2, 0) is 15.0 Å². The topological polar surface area (TPSA) is 115 Å². The molecular weight excluding hydrogens is 284 g/mol. The zero-order valence-electron chi connectivity index (χ0n) is 10.7. The molecule has 0 atom stereocenters. The summed E-state index contributed by atoms with van der Waals surface area (Å²) in [6.07, 6.45) is 1.26. The summed E-state index contributed by atoms with van der Waals surface area (Å²) in [5, 5.41) is 15.8. The van der Waals surface area contributed by atoms with Gasteiger partial charge in [0.1, 0.15) is 0 Å². The molecule has 1 aromatic heterocycles. The van der Waals surface area contributed by atoms with Crippen molar-refractivity contribution in [1.82, 2.24) is 14.5 Å². The van der Waals surface area contributed by atoms with Crippen LogP contribution in [0.1, 0.15) is 6.42 Å². The van der Waals surface area contributed by atoms with E-state index in [9.17, 15) is 13.2 Å². The first-order chi connectivity index (χ1) is 9.40. The van der Waals surface area contributed by atoms with Crippen molar-refractivity contribution in [2.45, 2.75) is 6.42 Å². The minimum absolute atomic E-state index is 0.105. The van der Waals surface area contributed by atoms with Gasteiger partial charge < -0.3 is 5.11 Å². The molecule has 3 N–H and O–H groups in total. The number of anilines is 1. The van der Waals surface area contributed by atoms with Gasteiger partial charge in [0.15, 0.2) is 0 Å². The van der Waals surface area contributed by atoms with E-state index in [4.69, 9.17) is 5.11 Å². The van der Waals surface area contributed by atoms with Crippen LogP contribution in [0, 0.1) is 0 Å². The number of carbonyl (C=O) groups is 1. The molecule has 1 aromatic carbocycles. The molecule has 0 fully saturated rings. The Kier molecular flexibility index (Phi) is 3.91. The number of carboxylic acids is 1. The number of hydrogen-bond donors (Lipinski definition) is 3. The van der Waals surface area contributed by atoms with E-state index < -0.39 is 16.2 Å². The number of aromatic amines is 1. The van der Waals surface area contributed by atoms with Gasteiger partial charge in [-0.15, -0.1) is 0 Å². The van der Waals surface area contributed by atoms with Gasteiger partial charge in [-0.1, -0.05) is 6.07 Å². The monoisotopic (exact) mass is 298 g/mol. The van der Waals surface area contributed by atoms with Crippen LogP contribution in [0.5, 0.6) is 0 Å². The summed E-state index contributed by atoms with van der Waals surface area (Å²) in [6, 6.07) is 5.07. The third-order valence-corrected chi connectivity index (χ3v) is 4.26. The lowest BCUT2D eigenvalue weighted by Gasteiger charge is -2.17. The first kappa shape index (κ1) is 14.3. The number of aromatic nitrogens is 2.